The molecule has 0 amide bonds. The Kier molecular flexibility index (Phi) is 8.99. The molecule has 0 aliphatic heterocycles. The number of hydrogen-bond acceptors (Lipinski definition) is 3. The molecule has 0 saturated carbocycles. The van der Waals surface area contributed by atoms with Gasteiger partial charge in [0.1, 0.15) is 0 Å². The van der Waals surface area contributed by atoms with Gasteiger partial charge < -0.3 is 20.9 Å². The first-order chi connectivity index (χ1) is 11.2. The molecule has 2 aromatic rings. The smallest absolute Gasteiger partial charge is 0.188 e. The summed E-state index contributed by atoms with van der Waals surface area (Å²) in [5, 5.41) is 12.7. The summed E-state index contributed by atoms with van der Waals surface area (Å²) in [6.45, 7) is 1.34. The molecule has 0 heterocycles. The molecule has 0 saturated heterocycles. The highest BCUT2D eigenvalue weighted by Gasteiger charge is 2.02. The minimum atomic E-state index is 0. The van der Waals surface area contributed by atoms with Crippen molar-refractivity contribution in [2.75, 3.05) is 20.2 Å². The highest BCUT2D eigenvalue weighted by atomic mass is 127. The molecule has 0 spiro atoms. The first-order valence-corrected chi connectivity index (χ1v) is 7.62. The van der Waals surface area contributed by atoms with E-state index in [9.17, 15) is 5.11 Å². The fourth-order valence-corrected chi connectivity index (χ4v) is 2.22. The van der Waals surface area contributed by atoms with E-state index in [0.717, 1.165) is 18.4 Å². The van der Waals surface area contributed by atoms with E-state index >= 15 is 0 Å². The third-order valence-corrected chi connectivity index (χ3v) is 3.49. The zero-order valence-electron chi connectivity index (χ0n) is 13.7. The molecule has 0 atom stereocenters. The van der Waals surface area contributed by atoms with Crippen LogP contribution in [0.4, 0.5) is 0 Å². The molecule has 130 valence electrons. The van der Waals surface area contributed by atoms with E-state index in [1.165, 1.54) is 12.7 Å². The maximum Gasteiger partial charge on any atom is 0.188 e. The summed E-state index contributed by atoms with van der Waals surface area (Å²) < 4.78 is 5.09. The van der Waals surface area contributed by atoms with Crippen LogP contribution in [0.2, 0.25) is 0 Å². The van der Waals surface area contributed by atoms with E-state index in [1.54, 1.807) is 6.07 Å². The monoisotopic (exact) mass is 441 g/mol. The molecule has 0 radical (unpaired) electrons. The fraction of sp³-hybridized carbons (Fsp3) is 0.278. The third-order valence-electron chi connectivity index (χ3n) is 3.49. The van der Waals surface area contributed by atoms with Crippen LogP contribution in [0.25, 0.3) is 0 Å². The van der Waals surface area contributed by atoms with Crippen molar-refractivity contribution in [1.29, 1.82) is 0 Å². The van der Waals surface area contributed by atoms with Gasteiger partial charge in [-0.15, -0.1) is 24.0 Å². The maximum absolute atomic E-state index is 9.56. The number of ether oxygens (including phenoxy) is 1. The average molecular weight is 441 g/mol. The summed E-state index contributed by atoms with van der Waals surface area (Å²) in [5.41, 5.74) is 8.17. The van der Waals surface area contributed by atoms with Crippen molar-refractivity contribution >= 4 is 29.9 Å². The number of nitrogens with two attached hydrogens (primary N) is 1. The minimum Gasteiger partial charge on any atom is -0.504 e. The van der Waals surface area contributed by atoms with Gasteiger partial charge in [-0.1, -0.05) is 36.4 Å². The second kappa shape index (κ2) is 10.7. The number of benzene rings is 2. The number of aliphatic imine (C=N–C) groups is 1. The van der Waals surface area contributed by atoms with Gasteiger partial charge in [0.2, 0.25) is 0 Å². The minimum absolute atomic E-state index is 0. The molecular weight excluding hydrogens is 417 g/mol. The lowest BCUT2D eigenvalue weighted by Crippen LogP contribution is -2.33. The van der Waals surface area contributed by atoms with Gasteiger partial charge in [-0.2, -0.15) is 0 Å². The number of guanidine groups is 1. The summed E-state index contributed by atoms with van der Waals surface area (Å²) in [6.07, 6.45) is 1.64. The molecule has 0 fully saturated rings. The Balaban J connectivity index is 0.00000288. The molecule has 2 aromatic carbocycles. The highest BCUT2D eigenvalue weighted by molar-refractivity contribution is 14.0. The van der Waals surface area contributed by atoms with Crippen molar-refractivity contribution in [2.45, 2.75) is 12.8 Å². The van der Waals surface area contributed by atoms with Crippen LogP contribution in [0.15, 0.2) is 53.5 Å². The number of nitrogens with zero attached hydrogens (tertiary/aromatic N) is 1. The van der Waals surface area contributed by atoms with E-state index < -0.39 is 0 Å². The Labute approximate surface area is 160 Å². The lowest BCUT2D eigenvalue weighted by atomic mass is 10.1. The summed E-state index contributed by atoms with van der Waals surface area (Å²) >= 11 is 0. The van der Waals surface area contributed by atoms with Crippen LogP contribution in [0, 0.1) is 0 Å². The van der Waals surface area contributed by atoms with E-state index in [0.29, 0.717) is 24.8 Å². The highest BCUT2D eigenvalue weighted by Crippen LogP contribution is 2.26. The Hall–Kier alpha value is -1.96. The van der Waals surface area contributed by atoms with Crippen molar-refractivity contribution in [3.8, 4) is 11.5 Å². The van der Waals surface area contributed by atoms with Gasteiger partial charge in [-0.05, 0) is 36.1 Å². The number of halogens is 1. The van der Waals surface area contributed by atoms with Gasteiger partial charge >= 0.3 is 0 Å². The van der Waals surface area contributed by atoms with Crippen LogP contribution in [0.1, 0.15) is 11.1 Å². The van der Waals surface area contributed by atoms with Crippen LogP contribution < -0.4 is 15.8 Å². The van der Waals surface area contributed by atoms with Crippen molar-refractivity contribution in [3.05, 3.63) is 59.7 Å². The Morgan fingerprint density at radius 2 is 1.88 bits per heavy atom. The number of aromatic hydroxyl groups is 1. The average Bonchev–Trinajstić information content (AvgIpc) is 2.57. The van der Waals surface area contributed by atoms with Gasteiger partial charge in [0, 0.05) is 13.1 Å². The molecular formula is C18H24IN3O2. The number of phenols is 1. The van der Waals surface area contributed by atoms with Gasteiger partial charge in [0.05, 0.1) is 7.11 Å². The second-order valence-corrected chi connectivity index (χ2v) is 5.19. The quantitative estimate of drug-likeness (QED) is 0.351. The maximum atomic E-state index is 9.56. The summed E-state index contributed by atoms with van der Waals surface area (Å²) in [4.78, 5) is 4.32. The predicted octanol–water partition coefficient (Wildman–Crippen LogP) is 2.71. The van der Waals surface area contributed by atoms with Gasteiger partial charge in [-0.25, -0.2) is 0 Å². The second-order valence-electron chi connectivity index (χ2n) is 5.19. The predicted molar refractivity (Wildman–Crippen MR) is 108 cm³/mol. The third kappa shape index (κ3) is 6.66. The lowest BCUT2D eigenvalue weighted by molar-refractivity contribution is 0.373. The normalized spacial score (nSPS) is 10.8. The molecule has 5 nitrogen and oxygen atoms in total. The number of methoxy groups -OCH3 is 1. The molecule has 0 aliphatic carbocycles. The van der Waals surface area contributed by atoms with E-state index in [4.69, 9.17) is 10.5 Å². The SMILES string of the molecule is COc1cc(CCNC(N)=NCCc2ccccc2)ccc1O.I. The van der Waals surface area contributed by atoms with E-state index in [2.05, 4.69) is 22.4 Å². The van der Waals surface area contributed by atoms with Crippen LogP contribution in [0.5, 0.6) is 11.5 Å². The zero-order valence-corrected chi connectivity index (χ0v) is 16.1. The first-order valence-electron chi connectivity index (χ1n) is 7.62. The molecule has 0 bridgehead atoms. The van der Waals surface area contributed by atoms with Crippen LogP contribution in [-0.4, -0.2) is 31.3 Å². The molecule has 6 heteroatoms. The lowest BCUT2D eigenvalue weighted by Gasteiger charge is -2.08. The molecule has 2 rings (SSSR count). The van der Waals surface area contributed by atoms with Crippen LogP contribution >= 0.6 is 24.0 Å². The molecule has 4 N–H and O–H groups in total. The van der Waals surface area contributed by atoms with Gasteiger partial charge in [0.15, 0.2) is 17.5 Å². The van der Waals surface area contributed by atoms with Crippen molar-refractivity contribution < 1.29 is 9.84 Å². The van der Waals surface area contributed by atoms with Crippen LogP contribution in [0.3, 0.4) is 0 Å². The largest absolute Gasteiger partial charge is 0.504 e. The topological polar surface area (TPSA) is 79.9 Å². The number of hydrogen-bond donors (Lipinski definition) is 3. The Morgan fingerprint density at radius 1 is 1.12 bits per heavy atom. The molecule has 0 unspecified atom stereocenters. The van der Waals surface area contributed by atoms with Crippen molar-refractivity contribution in [2.24, 2.45) is 10.7 Å². The number of nitrogens with one attached hydrogen (secondary N) is 1. The fourth-order valence-electron chi connectivity index (χ4n) is 2.22. The zero-order chi connectivity index (χ0) is 16.5. The van der Waals surface area contributed by atoms with Crippen molar-refractivity contribution in [3.63, 3.8) is 0 Å². The van der Waals surface area contributed by atoms with Gasteiger partial charge in [0.25, 0.3) is 0 Å². The standard InChI is InChI=1S/C18H23N3O2.HI/c1-23-17-13-15(7-8-16(17)22)10-12-21-18(19)20-11-9-14-5-3-2-4-6-14;/h2-8,13,22H,9-12H2,1H3,(H3,19,20,21);1H. The first kappa shape index (κ1) is 20.1. The van der Waals surface area contributed by atoms with E-state index in [-0.39, 0.29) is 29.7 Å². The van der Waals surface area contributed by atoms with Crippen LogP contribution in [-0.2, 0) is 12.8 Å². The summed E-state index contributed by atoms with van der Waals surface area (Å²) in [7, 11) is 1.54. The summed E-state index contributed by atoms with van der Waals surface area (Å²) in [5.74, 6) is 1.07. The summed E-state index contributed by atoms with van der Waals surface area (Å²) in [6, 6.07) is 15.5. The van der Waals surface area contributed by atoms with Gasteiger partial charge in [-0.3, -0.25) is 4.99 Å². The molecule has 0 aromatic heterocycles. The Morgan fingerprint density at radius 3 is 2.58 bits per heavy atom. The molecule has 0 aliphatic rings. The number of rotatable bonds is 7. The Bertz CT molecular complexity index is 648. The van der Waals surface area contributed by atoms with E-state index in [1.807, 2.05) is 30.3 Å². The molecule has 24 heavy (non-hydrogen) atoms. The van der Waals surface area contributed by atoms with Crippen molar-refractivity contribution in [1.82, 2.24) is 5.32 Å². The number of phenolic OH excluding ortho intramolecular Hbond substituents is 1.